The maximum Gasteiger partial charge on any atom is 0.317 e. The van der Waals surface area contributed by atoms with Gasteiger partial charge in [-0.25, -0.2) is 4.79 Å². The monoisotopic (exact) mass is 326 g/mol. The van der Waals surface area contributed by atoms with E-state index >= 15 is 0 Å². The van der Waals surface area contributed by atoms with Crippen molar-refractivity contribution < 1.29 is 9.21 Å². The molecule has 0 radical (unpaired) electrons. The zero-order valence-corrected chi connectivity index (χ0v) is 14.0. The summed E-state index contributed by atoms with van der Waals surface area (Å²) in [4.78, 5) is 13.8. The van der Waals surface area contributed by atoms with Crippen molar-refractivity contribution in [3.8, 4) is 0 Å². The predicted octanol–water partition coefficient (Wildman–Crippen LogP) is 3.11. The molecule has 1 unspecified atom stereocenters. The lowest BCUT2D eigenvalue weighted by molar-refractivity contribution is 0.201. The highest BCUT2D eigenvalue weighted by molar-refractivity contribution is 5.78. The molecule has 6 nitrogen and oxygen atoms in total. The third-order valence-corrected chi connectivity index (χ3v) is 3.88. The van der Waals surface area contributed by atoms with E-state index in [1.165, 1.54) is 0 Å². The van der Waals surface area contributed by atoms with Crippen LogP contribution in [0.1, 0.15) is 12.7 Å². The van der Waals surface area contributed by atoms with Gasteiger partial charge < -0.3 is 14.6 Å². The number of carbonyl (C=O) groups is 1. The van der Waals surface area contributed by atoms with Gasteiger partial charge in [-0.1, -0.05) is 25.1 Å². The van der Waals surface area contributed by atoms with Crippen molar-refractivity contribution in [2.24, 2.45) is 5.92 Å². The van der Waals surface area contributed by atoms with Crippen molar-refractivity contribution >= 4 is 17.0 Å². The molecule has 0 bridgehead atoms. The second-order valence-corrected chi connectivity index (χ2v) is 6.13. The molecule has 1 atom stereocenters. The molecule has 0 fully saturated rings. The number of fused-ring (bicyclic) bond motifs is 1. The zero-order chi connectivity index (χ0) is 16.9. The van der Waals surface area contributed by atoms with E-state index in [4.69, 9.17) is 4.42 Å². The molecule has 0 aliphatic carbocycles. The van der Waals surface area contributed by atoms with Gasteiger partial charge in [0.2, 0.25) is 0 Å². The quantitative estimate of drug-likeness (QED) is 0.757. The van der Waals surface area contributed by atoms with Gasteiger partial charge in [0.15, 0.2) is 0 Å². The van der Waals surface area contributed by atoms with E-state index in [9.17, 15) is 4.79 Å². The number of nitrogens with one attached hydrogen (secondary N) is 1. The first kappa shape index (κ1) is 16.1. The van der Waals surface area contributed by atoms with E-state index in [-0.39, 0.29) is 6.03 Å². The molecule has 2 aromatic heterocycles. The fourth-order valence-electron chi connectivity index (χ4n) is 2.61. The number of aromatic nitrogens is 2. The molecule has 1 N–H and O–H groups in total. The van der Waals surface area contributed by atoms with Crippen molar-refractivity contribution in [2.75, 3.05) is 13.6 Å². The number of benzene rings is 1. The molecule has 1 aromatic carbocycles. The van der Waals surface area contributed by atoms with E-state index in [1.807, 2.05) is 47.3 Å². The van der Waals surface area contributed by atoms with Gasteiger partial charge in [0.25, 0.3) is 0 Å². The predicted molar refractivity (Wildman–Crippen MR) is 92.5 cm³/mol. The molecule has 3 aromatic rings. The van der Waals surface area contributed by atoms with Gasteiger partial charge in [0.1, 0.15) is 11.3 Å². The van der Waals surface area contributed by atoms with Gasteiger partial charge in [-0.15, -0.1) is 0 Å². The number of hydrogen-bond acceptors (Lipinski definition) is 3. The van der Waals surface area contributed by atoms with Gasteiger partial charge in [0, 0.05) is 37.9 Å². The van der Waals surface area contributed by atoms with Crippen LogP contribution in [0.5, 0.6) is 0 Å². The van der Waals surface area contributed by atoms with Crippen LogP contribution in [-0.2, 0) is 13.1 Å². The summed E-state index contributed by atoms with van der Waals surface area (Å²) in [6.45, 7) is 3.90. The lowest BCUT2D eigenvalue weighted by Crippen LogP contribution is -2.39. The van der Waals surface area contributed by atoms with Crippen LogP contribution in [0.25, 0.3) is 11.0 Å². The van der Waals surface area contributed by atoms with Crippen molar-refractivity contribution in [1.29, 1.82) is 0 Å². The average molecular weight is 326 g/mol. The molecular weight excluding hydrogens is 304 g/mol. The number of hydrogen-bond donors (Lipinski definition) is 1. The lowest BCUT2D eigenvalue weighted by Gasteiger charge is -2.19. The van der Waals surface area contributed by atoms with Gasteiger partial charge in [-0.3, -0.25) is 4.68 Å². The second kappa shape index (κ2) is 7.21. The van der Waals surface area contributed by atoms with Crippen molar-refractivity contribution in [3.63, 3.8) is 0 Å². The Morgan fingerprint density at radius 1 is 1.38 bits per heavy atom. The first-order valence-electron chi connectivity index (χ1n) is 8.05. The van der Waals surface area contributed by atoms with E-state index in [0.29, 0.717) is 19.0 Å². The number of furan rings is 1. The van der Waals surface area contributed by atoms with E-state index in [1.54, 1.807) is 18.1 Å². The molecule has 0 saturated carbocycles. The fraction of sp³-hybridized carbons (Fsp3) is 0.333. The number of amides is 2. The fourth-order valence-corrected chi connectivity index (χ4v) is 2.61. The lowest BCUT2D eigenvalue weighted by atomic mass is 10.2. The highest BCUT2D eigenvalue weighted by Crippen LogP contribution is 2.19. The van der Waals surface area contributed by atoms with Gasteiger partial charge in [0.05, 0.1) is 6.54 Å². The number of rotatable bonds is 6. The number of nitrogens with zero attached hydrogens (tertiary/aromatic N) is 3. The maximum atomic E-state index is 12.2. The number of carbonyl (C=O) groups excluding carboxylic acids is 1. The van der Waals surface area contributed by atoms with Crippen LogP contribution >= 0.6 is 0 Å². The van der Waals surface area contributed by atoms with Crippen LogP contribution < -0.4 is 5.32 Å². The number of urea groups is 1. The van der Waals surface area contributed by atoms with Crippen molar-refractivity contribution in [1.82, 2.24) is 20.0 Å². The molecule has 0 spiro atoms. The van der Waals surface area contributed by atoms with Crippen LogP contribution in [0.4, 0.5) is 4.79 Å². The Labute approximate surface area is 141 Å². The summed E-state index contributed by atoms with van der Waals surface area (Å²) in [7, 11) is 1.76. The summed E-state index contributed by atoms with van der Waals surface area (Å²) < 4.78 is 7.62. The summed E-state index contributed by atoms with van der Waals surface area (Å²) in [5, 5.41) is 8.18. The Hall–Kier alpha value is -2.76. The van der Waals surface area contributed by atoms with Crippen LogP contribution in [0, 0.1) is 5.92 Å². The van der Waals surface area contributed by atoms with Crippen LogP contribution in [-0.4, -0.2) is 34.3 Å². The summed E-state index contributed by atoms with van der Waals surface area (Å²) in [5.41, 5.74) is 0.842. The van der Waals surface area contributed by atoms with Gasteiger partial charge in [-0.2, -0.15) is 5.10 Å². The first-order valence-corrected chi connectivity index (χ1v) is 8.05. The molecule has 0 saturated heterocycles. The Kier molecular flexibility index (Phi) is 4.84. The molecule has 2 amide bonds. The maximum absolute atomic E-state index is 12.2. The molecule has 24 heavy (non-hydrogen) atoms. The third kappa shape index (κ3) is 3.95. The molecular formula is C18H22N4O2. The standard InChI is InChI=1S/C18H22N4O2/c1-14(12-22-9-5-8-20-22)11-19-18(23)21(2)13-16-10-15-6-3-4-7-17(15)24-16/h3-10,14H,11-13H2,1-2H3,(H,19,23). The molecule has 126 valence electrons. The Bertz CT molecular complexity index is 761. The molecule has 6 heteroatoms. The SMILES string of the molecule is CC(CNC(=O)N(C)Cc1cc2ccccc2o1)Cn1cccn1. The van der Waals surface area contributed by atoms with E-state index in [2.05, 4.69) is 17.3 Å². The molecule has 0 aliphatic heterocycles. The van der Waals surface area contributed by atoms with Crippen LogP contribution in [0.15, 0.2) is 53.2 Å². The highest BCUT2D eigenvalue weighted by Gasteiger charge is 2.13. The van der Waals surface area contributed by atoms with Gasteiger partial charge in [-0.05, 0) is 24.1 Å². The zero-order valence-electron chi connectivity index (χ0n) is 14.0. The van der Waals surface area contributed by atoms with Gasteiger partial charge >= 0.3 is 6.03 Å². The van der Waals surface area contributed by atoms with Crippen molar-refractivity contribution in [2.45, 2.75) is 20.0 Å². The minimum atomic E-state index is -0.109. The summed E-state index contributed by atoms with van der Waals surface area (Å²) in [6.07, 6.45) is 3.68. The molecule has 3 rings (SSSR count). The average Bonchev–Trinajstić information content (AvgIpc) is 3.21. The normalized spacial score (nSPS) is 12.2. The summed E-state index contributed by atoms with van der Waals surface area (Å²) >= 11 is 0. The molecule has 0 aliphatic rings. The van der Waals surface area contributed by atoms with Crippen LogP contribution in [0.2, 0.25) is 0 Å². The Balaban J connectivity index is 1.49. The van der Waals surface area contributed by atoms with E-state index < -0.39 is 0 Å². The second-order valence-electron chi connectivity index (χ2n) is 6.13. The van der Waals surface area contributed by atoms with E-state index in [0.717, 1.165) is 23.3 Å². The third-order valence-electron chi connectivity index (χ3n) is 3.88. The molecule has 2 heterocycles. The topological polar surface area (TPSA) is 63.3 Å². The highest BCUT2D eigenvalue weighted by atomic mass is 16.3. The van der Waals surface area contributed by atoms with Crippen LogP contribution in [0.3, 0.4) is 0 Å². The Morgan fingerprint density at radius 3 is 2.96 bits per heavy atom. The first-order chi connectivity index (χ1) is 11.6. The Morgan fingerprint density at radius 2 is 2.21 bits per heavy atom. The minimum absolute atomic E-state index is 0.109. The smallest absolute Gasteiger partial charge is 0.317 e. The largest absolute Gasteiger partial charge is 0.459 e. The summed E-state index contributed by atoms with van der Waals surface area (Å²) in [6, 6.07) is 11.6. The summed E-state index contributed by atoms with van der Waals surface area (Å²) in [5.74, 6) is 1.08. The number of para-hydroxylation sites is 1. The van der Waals surface area contributed by atoms with Crippen molar-refractivity contribution in [3.05, 3.63) is 54.6 Å². The minimum Gasteiger partial charge on any atom is -0.459 e.